The maximum atomic E-state index is 12.0. The topological polar surface area (TPSA) is 103 Å². The van der Waals surface area contributed by atoms with Crippen molar-refractivity contribution in [2.75, 3.05) is 33.7 Å². The molecule has 0 aromatic heterocycles. The van der Waals surface area contributed by atoms with Gasteiger partial charge < -0.3 is 30.8 Å². The molecule has 1 amide bonds. The molecule has 0 aliphatic heterocycles. The molecule has 4 N–H and O–H groups in total. The summed E-state index contributed by atoms with van der Waals surface area (Å²) in [6, 6.07) is 0. The lowest BCUT2D eigenvalue weighted by molar-refractivity contribution is 0.0288. The van der Waals surface area contributed by atoms with Crippen molar-refractivity contribution in [3.05, 3.63) is 11.3 Å². The molecule has 26 heavy (non-hydrogen) atoms. The Hall–Kier alpha value is -1.60. The highest BCUT2D eigenvalue weighted by molar-refractivity contribution is 5.77. The number of allylic oxidation sites excluding steroid dienone is 1. The van der Waals surface area contributed by atoms with Gasteiger partial charge in [-0.2, -0.15) is 0 Å². The van der Waals surface area contributed by atoms with Crippen LogP contribution in [0.4, 0.5) is 4.79 Å². The van der Waals surface area contributed by atoms with E-state index >= 15 is 0 Å². The van der Waals surface area contributed by atoms with Crippen molar-refractivity contribution < 1.29 is 14.6 Å². The third kappa shape index (κ3) is 7.74. The highest BCUT2D eigenvalue weighted by Crippen LogP contribution is 2.29. The minimum Gasteiger partial charge on any atom is -0.444 e. The van der Waals surface area contributed by atoms with Crippen LogP contribution < -0.4 is 5.73 Å². The number of carbonyl (C=O) groups excluding carboxylic acids is 1. The molecule has 7 nitrogen and oxygen atoms in total. The predicted octanol–water partition coefficient (Wildman–Crippen LogP) is 2.20. The molecule has 1 saturated carbocycles. The SMILES string of the molecule is CN(CCN(C)C(=O)OC(C)(C)C)CC(C=N)=C(N)C1CCC(O)CC1. The minimum atomic E-state index is -0.505. The normalized spacial score (nSPS) is 22.0. The number of hydrogen-bond donors (Lipinski definition) is 3. The molecule has 1 rings (SSSR count). The van der Waals surface area contributed by atoms with Gasteiger partial charge in [0.1, 0.15) is 5.60 Å². The fraction of sp³-hybridized carbons (Fsp3) is 0.789. The molecule has 0 bridgehead atoms. The zero-order valence-electron chi connectivity index (χ0n) is 16.9. The van der Waals surface area contributed by atoms with Crippen LogP contribution in [0.1, 0.15) is 46.5 Å². The van der Waals surface area contributed by atoms with Crippen LogP contribution in [0.5, 0.6) is 0 Å². The average molecular weight is 369 g/mol. The number of ether oxygens (including phenoxy) is 1. The van der Waals surface area contributed by atoms with Crippen LogP contribution in [0.3, 0.4) is 0 Å². The van der Waals surface area contributed by atoms with Crippen LogP contribution in [-0.4, -0.2) is 72.6 Å². The van der Waals surface area contributed by atoms with Gasteiger partial charge in [-0.25, -0.2) is 4.79 Å². The average Bonchev–Trinajstić information content (AvgIpc) is 2.56. The van der Waals surface area contributed by atoms with Crippen LogP contribution in [-0.2, 0) is 4.74 Å². The van der Waals surface area contributed by atoms with Gasteiger partial charge in [-0.15, -0.1) is 0 Å². The number of likely N-dealkylation sites (N-methyl/N-ethyl adjacent to an activating group) is 2. The van der Waals surface area contributed by atoms with E-state index in [4.69, 9.17) is 15.9 Å². The lowest BCUT2D eigenvalue weighted by atomic mass is 9.84. The Balaban J connectivity index is 2.53. The van der Waals surface area contributed by atoms with Crippen LogP contribution >= 0.6 is 0 Å². The first-order chi connectivity index (χ1) is 12.0. The summed E-state index contributed by atoms with van der Waals surface area (Å²) in [5.74, 6) is 0.243. The predicted molar refractivity (Wildman–Crippen MR) is 104 cm³/mol. The molecule has 0 spiro atoms. The Morgan fingerprint density at radius 3 is 2.31 bits per heavy atom. The number of nitrogens with zero attached hydrogens (tertiary/aromatic N) is 2. The maximum absolute atomic E-state index is 12.0. The Bertz CT molecular complexity index is 505. The summed E-state index contributed by atoms with van der Waals surface area (Å²) in [6.07, 6.45) is 4.06. The van der Waals surface area contributed by atoms with Gasteiger partial charge in [0, 0.05) is 44.2 Å². The number of amides is 1. The van der Waals surface area contributed by atoms with Crippen LogP contribution in [0.15, 0.2) is 11.3 Å². The fourth-order valence-electron chi connectivity index (χ4n) is 2.99. The van der Waals surface area contributed by atoms with Crippen LogP contribution in [0, 0.1) is 11.3 Å². The van der Waals surface area contributed by atoms with E-state index < -0.39 is 5.60 Å². The van der Waals surface area contributed by atoms with Crippen LogP contribution in [0.2, 0.25) is 0 Å². The fourth-order valence-corrected chi connectivity index (χ4v) is 2.99. The highest BCUT2D eigenvalue weighted by Gasteiger charge is 2.23. The summed E-state index contributed by atoms with van der Waals surface area (Å²) in [5.41, 5.74) is 7.38. The van der Waals surface area contributed by atoms with Gasteiger partial charge in [-0.3, -0.25) is 0 Å². The second kappa shape index (κ2) is 9.92. The number of nitrogens with two attached hydrogens (primary N) is 1. The number of nitrogens with one attached hydrogen (secondary N) is 1. The smallest absolute Gasteiger partial charge is 0.410 e. The standard InChI is InChI=1S/C19H36N4O3/c1-19(2,3)26-18(25)23(5)11-10-22(4)13-15(12-20)17(21)14-6-8-16(24)9-7-14/h12,14,16,20,24H,6-11,13,21H2,1-5H3. The van der Waals surface area contributed by atoms with Crippen molar-refractivity contribution in [3.63, 3.8) is 0 Å². The summed E-state index contributed by atoms with van der Waals surface area (Å²) in [5, 5.41) is 17.3. The molecule has 1 fully saturated rings. The number of hydrogen-bond acceptors (Lipinski definition) is 6. The summed E-state index contributed by atoms with van der Waals surface area (Å²) >= 11 is 0. The lowest BCUT2D eigenvalue weighted by Gasteiger charge is -2.28. The molecule has 0 heterocycles. The van der Waals surface area contributed by atoms with E-state index in [2.05, 4.69) is 0 Å². The first-order valence-corrected chi connectivity index (χ1v) is 9.33. The van der Waals surface area contributed by atoms with Crippen molar-refractivity contribution in [1.29, 1.82) is 5.41 Å². The summed E-state index contributed by atoms with van der Waals surface area (Å²) < 4.78 is 5.34. The second-order valence-electron chi connectivity index (χ2n) is 8.27. The molecule has 0 radical (unpaired) electrons. The first-order valence-electron chi connectivity index (χ1n) is 9.33. The van der Waals surface area contributed by atoms with Gasteiger partial charge >= 0.3 is 6.09 Å². The molecular formula is C19H36N4O3. The zero-order valence-corrected chi connectivity index (χ0v) is 16.9. The second-order valence-corrected chi connectivity index (χ2v) is 8.27. The Labute approximate surface area is 157 Å². The van der Waals surface area contributed by atoms with Crippen molar-refractivity contribution in [3.8, 4) is 0 Å². The van der Waals surface area contributed by atoms with Crippen molar-refractivity contribution in [2.45, 2.75) is 58.2 Å². The van der Waals surface area contributed by atoms with E-state index in [1.54, 1.807) is 11.9 Å². The summed E-state index contributed by atoms with van der Waals surface area (Å²) in [4.78, 5) is 15.6. The van der Waals surface area contributed by atoms with Gasteiger partial charge in [-0.05, 0) is 59.4 Å². The third-order valence-corrected chi connectivity index (χ3v) is 4.64. The lowest BCUT2D eigenvalue weighted by Crippen LogP contribution is -2.39. The molecule has 0 aromatic rings. The Kier molecular flexibility index (Phi) is 8.56. The minimum absolute atomic E-state index is 0.214. The molecule has 0 saturated heterocycles. The zero-order chi connectivity index (χ0) is 19.9. The monoisotopic (exact) mass is 368 g/mol. The first kappa shape index (κ1) is 22.4. The molecule has 0 atom stereocenters. The van der Waals surface area contributed by atoms with E-state index in [0.29, 0.717) is 19.6 Å². The molecule has 0 unspecified atom stereocenters. The largest absolute Gasteiger partial charge is 0.444 e. The van der Waals surface area contributed by atoms with Crippen molar-refractivity contribution in [1.82, 2.24) is 9.80 Å². The highest BCUT2D eigenvalue weighted by atomic mass is 16.6. The summed E-state index contributed by atoms with van der Waals surface area (Å²) in [7, 11) is 3.67. The molecular weight excluding hydrogens is 332 g/mol. The van der Waals surface area contributed by atoms with Gasteiger partial charge in [0.15, 0.2) is 0 Å². The van der Waals surface area contributed by atoms with Gasteiger partial charge in [0.25, 0.3) is 0 Å². The third-order valence-electron chi connectivity index (χ3n) is 4.64. The van der Waals surface area contributed by atoms with Crippen LogP contribution in [0.25, 0.3) is 0 Å². The molecule has 1 aliphatic carbocycles. The van der Waals surface area contributed by atoms with E-state index in [9.17, 15) is 9.90 Å². The number of carbonyl (C=O) groups is 1. The molecule has 1 aliphatic rings. The van der Waals surface area contributed by atoms with E-state index in [1.807, 2.05) is 32.7 Å². The number of rotatable bonds is 7. The van der Waals surface area contributed by atoms with E-state index in [-0.39, 0.29) is 18.1 Å². The maximum Gasteiger partial charge on any atom is 0.410 e. The van der Waals surface area contributed by atoms with Crippen molar-refractivity contribution >= 4 is 12.3 Å². The van der Waals surface area contributed by atoms with Gasteiger partial charge in [0.05, 0.1) is 6.10 Å². The molecule has 150 valence electrons. The van der Waals surface area contributed by atoms with Crippen molar-refractivity contribution in [2.24, 2.45) is 11.7 Å². The summed E-state index contributed by atoms with van der Waals surface area (Å²) in [6.45, 7) is 7.30. The molecule has 0 aromatic carbocycles. The van der Waals surface area contributed by atoms with E-state index in [0.717, 1.165) is 37.0 Å². The molecule has 7 heteroatoms. The quantitative estimate of drug-likeness (QED) is 0.598. The van der Waals surface area contributed by atoms with Gasteiger partial charge in [-0.1, -0.05) is 0 Å². The van der Waals surface area contributed by atoms with E-state index in [1.165, 1.54) is 6.21 Å². The number of aliphatic hydroxyl groups excluding tert-OH is 1. The van der Waals surface area contributed by atoms with Gasteiger partial charge in [0.2, 0.25) is 0 Å². The Morgan fingerprint density at radius 1 is 1.23 bits per heavy atom. The Morgan fingerprint density at radius 2 is 1.81 bits per heavy atom. The number of aliphatic hydroxyl groups is 1.